The van der Waals surface area contributed by atoms with E-state index in [9.17, 15) is 9.59 Å². The number of allylic oxidation sites excluding steroid dienone is 2. The molecule has 0 aliphatic rings. The first-order valence-corrected chi connectivity index (χ1v) is 20.7. The molecule has 51 heavy (non-hydrogen) atoms. The van der Waals surface area contributed by atoms with Crippen LogP contribution < -0.4 is 21.5 Å². The zero-order valence-corrected chi connectivity index (χ0v) is 33.4. The first-order chi connectivity index (χ1) is 24.9. The van der Waals surface area contributed by atoms with E-state index in [0.717, 1.165) is 25.4 Å². The van der Waals surface area contributed by atoms with Gasteiger partial charge in [0.1, 0.15) is 11.4 Å². The van der Waals surface area contributed by atoms with Gasteiger partial charge in [-0.15, -0.1) is 0 Å². The van der Waals surface area contributed by atoms with Crippen LogP contribution in [0.1, 0.15) is 181 Å². The monoisotopic (exact) mass is 722 g/mol. The Kier molecular flexibility index (Phi) is 39.6. The van der Waals surface area contributed by atoms with Gasteiger partial charge in [-0.2, -0.15) is 0 Å². The molecule has 0 spiro atoms. The largest absolute Gasteiger partial charge is 0.483 e. The van der Waals surface area contributed by atoms with Crippen molar-refractivity contribution < 1.29 is 19.8 Å². The van der Waals surface area contributed by atoms with E-state index in [1.807, 2.05) is 0 Å². The average Bonchev–Trinajstić information content (AvgIpc) is 3.13. The van der Waals surface area contributed by atoms with Gasteiger partial charge in [0, 0.05) is 13.6 Å². The minimum absolute atomic E-state index is 0.250. The molecule has 1 rings (SSSR count). The number of hydrogen-bond acceptors (Lipinski definition) is 7. The zero-order chi connectivity index (χ0) is 38.2. The number of carbonyl (C=O) groups is 2. The van der Waals surface area contributed by atoms with Gasteiger partial charge in [0.15, 0.2) is 0 Å². The number of nitrogens with zero attached hydrogens (tertiary/aromatic N) is 1. The van der Waals surface area contributed by atoms with Gasteiger partial charge < -0.3 is 25.7 Å². The smallest absolute Gasteiger partial charge is 0.290 e. The molecule has 9 nitrogen and oxygen atoms in total. The molecule has 0 saturated carbocycles. The Morgan fingerprint density at radius 1 is 0.549 bits per heavy atom. The summed E-state index contributed by atoms with van der Waals surface area (Å²) >= 11 is 0. The van der Waals surface area contributed by atoms with Crippen LogP contribution in [0.3, 0.4) is 0 Å². The fourth-order valence-electron chi connectivity index (χ4n) is 6.61. The van der Waals surface area contributed by atoms with Crippen LogP contribution in [0.4, 0.5) is 11.4 Å². The molecule has 1 atom stereocenters. The van der Waals surface area contributed by atoms with Crippen molar-refractivity contribution in [2.75, 3.05) is 43.9 Å². The normalized spacial score (nSPS) is 11.5. The van der Waals surface area contributed by atoms with Gasteiger partial charge in [0.25, 0.3) is 23.8 Å². The molecule has 0 fully saturated rings. The number of anilines is 2. The van der Waals surface area contributed by atoms with E-state index >= 15 is 0 Å². The van der Waals surface area contributed by atoms with Crippen molar-refractivity contribution in [2.45, 2.75) is 181 Å². The maximum atomic E-state index is 11.9. The van der Waals surface area contributed by atoms with Crippen LogP contribution in [0.5, 0.6) is 0 Å². The first kappa shape index (κ1) is 50.4. The third-order valence-electron chi connectivity index (χ3n) is 9.62. The van der Waals surface area contributed by atoms with Crippen molar-refractivity contribution in [1.29, 1.82) is 0 Å². The predicted octanol–water partition coefficient (Wildman–Crippen LogP) is 10.4. The fourth-order valence-corrected chi connectivity index (χ4v) is 6.61. The summed E-state index contributed by atoms with van der Waals surface area (Å²) in [5.41, 5.74) is 0.145. The lowest BCUT2D eigenvalue weighted by atomic mass is 9.90. The van der Waals surface area contributed by atoms with E-state index in [-0.39, 0.29) is 18.4 Å². The average molecular weight is 722 g/mol. The second kappa shape index (κ2) is 40.1. The Hall–Kier alpha value is -2.68. The molecule has 0 bridgehead atoms. The molecule has 0 heterocycles. The van der Waals surface area contributed by atoms with Gasteiger partial charge in [-0.3, -0.25) is 19.2 Å². The minimum atomic E-state index is -0.395. The number of hydrogen-bond donors (Lipinski definition) is 4. The van der Waals surface area contributed by atoms with Gasteiger partial charge in [0.05, 0.1) is 0 Å². The first-order valence-electron chi connectivity index (χ1n) is 20.7. The number of carboxylic acid groups (broad SMARTS) is 2. The lowest BCUT2D eigenvalue weighted by Crippen LogP contribution is -2.37. The summed E-state index contributed by atoms with van der Waals surface area (Å²) in [6.07, 6.45) is 38.4. The van der Waals surface area contributed by atoms with E-state index in [1.165, 1.54) is 167 Å². The second-order valence-electron chi connectivity index (χ2n) is 13.9. The van der Waals surface area contributed by atoms with Crippen LogP contribution >= 0.6 is 0 Å². The molecule has 4 N–H and O–H groups in total. The molecule has 0 saturated heterocycles. The maximum Gasteiger partial charge on any atom is 0.290 e. The van der Waals surface area contributed by atoms with E-state index in [2.05, 4.69) is 48.5 Å². The second-order valence-corrected chi connectivity index (χ2v) is 13.9. The summed E-state index contributed by atoms with van der Waals surface area (Å²) in [5, 5.41) is 19.9. The number of nitrogens with one attached hydrogen (secondary N) is 2. The molecule has 1 unspecified atom stereocenters. The molecule has 1 aromatic carbocycles. The highest BCUT2D eigenvalue weighted by Crippen LogP contribution is 2.23. The van der Waals surface area contributed by atoms with E-state index in [4.69, 9.17) is 19.8 Å². The molecule has 298 valence electrons. The molecule has 0 amide bonds. The summed E-state index contributed by atoms with van der Waals surface area (Å²) in [5.74, 6) is 0.964. The topological polar surface area (TPSA) is 136 Å². The van der Waals surface area contributed by atoms with E-state index < -0.39 is 5.43 Å². The van der Waals surface area contributed by atoms with Crippen molar-refractivity contribution in [2.24, 2.45) is 5.92 Å². The molecular formula is C42H79N3O6. The lowest BCUT2D eigenvalue weighted by Gasteiger charge is -2.23. The third-order valence-corrected chi connectivity index (χ3v) is 9.62. The Morgan fingerprint density at radius 2 is 0.941 bits per heavy atom. The predicted molar refractivity (Wildman–Crippen MR) is 218 cm³/mol. The zero-order valence-electron chi connectivity index (χ0n) is 33.4. The van der Waals surface area contributed by atoms with Crippen molar-refractivity contribution in [3.63, 3.8) is 0 Å². The standard InChI is InChI=1S/C40H75N3O2.2CH2O2/c1-5-8-11-12-13-14-15-16-17-18-19-22-26-33-43(35-28-32-42-38-37(41-4)39(44)40(38)45)34-27-23-20-21-25-31-36(29-10-7-3)30-24-9-6-2;2*2-1-3/h13-14,36,41-42H,5-12,15-35H2,1-4H3;2*1H,(H,2,3)/b14-13-;;. The lowest BCUT2D eigenvalue weighted by molar-refractivity contribution is -0.123. The van der Waals surface area contributed by atoms with Crippen molar-refractivity contribution >= 4 is 24.3 Å². The quantitative estimate of drug-likeness (QED) is 0.0237. The summed E-state index contributed by atoms with van der Waals surface area (Å²) in [4.78, 5) is 42.9. The Balaban J connectivity index is 0. The van der Waals surface area contributed by atoms with Crippen LogP contribution in [0, 0.1) is 5.92 Å². The molecule has 0 aliphatic carbocycles. The van der Waals surface area contributed by atoms with Crippen molar-refractivity contribution in [3.8, 4) is 0 Å². The maximum absolute atomic E-state index is 11.9. The van der Waals surface area contributed by atoms with Gasteiger partial charge in [0.2, 0.25) is 0 Å². The minimum Gasteiger partial charge on any atom is -0.483 e. The van der Waals surface area contributed by atoms with Crippen LogP contribution in [-0.4, -0.2) is 61.3 Å². The summed E-state index contributed by atoms with van der Waals surface area (Å²) in [6.45, 7) is 10.6. The fraction of sp³-hybridized carbons (Fsp3) is 0.810. The summed E-state index contributed by atoms with van der Waals surface area (Å²) in [6, 6.07) is 0. The van der Waals surface area contributed by atoms with Gasteiger partial charge >= 0.3 is 0 Å². The SMILES string of the molecule is CCCCC/C=C\CCCCCCCCN(CCCCCCCC(CCCC)CCCCC)CCCNc1c(NC)c(=O)c1=O.O=CO.O=CO. The summed E-state index contributed by atoms with van der Waals surface area (Å²) < 4.78 is 0. The summed E-state index contributed by atoms with van der Waals surface area (Å²) in [7, 11) is 1.70. The van der Waals surface area contributed by atoms with Crippen LogP contribution in [0.25, 0.3) is 0 Å². The van der Waals surface area contributed by atoms with Gasteiger partial charge in [-0.05, 0) is 70.5 Å². The van der Waals surface area contributed by atoms with Crippen molar-refractivity contribution in [1.82, 2.24) is 4.90 Å². The van der Waals surface area contributed by atoms with Gasteiger partial charge in [-0.25, -0.2) is 0 Å². The molecule has 0 aromatic heterocycles. The number of rotatable bonds is 34. The molecule has 1 aromatic rings. The van der Waals surface area contributed by atoms with Gasteiger partial charge in [-0.1, -0.05) is 148 Å². The van der Waals surface area contributed by atoms with Crippen LogP contribution in [-0.2, 0) is 9.59 Å². The highest BCUT2D eigenvalue weighted by atomic mass is 16.3. The third kappa shape index (κ3) is 30.6. The highest BCUT2D eigenvalue weighted by Gasteiger charge is 2.18. The Bertz CT molecular complexity index is 986. The Morgan fingerprint density at radius 3 is 1.47 bits per heavy atom. The van der Waals surface area contributed by atoms with E-state index in [1.54, 1.807) is 7.05 Å². The number of unbranched alkanes of at least 4 members (excludes halogenated alkanes) is 16. The Labute approximate surface area is 312 Å². The van der Waals surface area contributed by atoms with Crippen molar-refractivity contribution in [3.05, 3.63) is 32.6 Å². The van der Waals surface area contributed by atoms with E-state index in [0.29, 0.717) is 11.4 Å². The molecular weight excluding hydrogens is 642 g/mol. The van der Waals surface area contributed by atoms with Crippen LogP contribution in [0.2, 0.25) is 0 Å². The molecule has 0 aliphatic heterocycles. The molecule has 0 radical (unpaired) electrons. The highest BCUT2D eigenvalue weighted by molar-refractivity contribution is 5.73. The van der Waals surface area contributed by atoms with Crippen LogP contribution in [0.15, 0.2) is 21.7 Å². The molecule has 9 heteroatoms.